The number of ether oxygens (including phenoxy) is 3. The Morgan fingerprint density at radius 1 is 0.971 bits per heavy atom. The zero-order valence-corrected chi connectivity index (χ0v) is 19.3. The van der Waals surface area contributed by atoms with E-state index in [9.17, 15) is 14.7 Å². The first kappa shape index (κ1) is 23.0. The van der Waals surface area contributed by atoms with Crippen molar-refractivity contribution in [2.75, 3.05) is 21.3 Å². The van der Waals surface area contributed by atoms with Crippen LogP contribution in [-0.4, -0.2) is 43.0 Å². The summed E-state index contributed by atoms with van der Waals surface area (Å²) in [6, 6.07) is 14.7. The van der Waals surface area contributed by atoms with Gasteiger partial charge in [-0.05, 0) is 48.9 Å². The SMILES string of the molecule is COc1cccc(CN2C(=O)C(=O)/C(=C(/O)c3c(OC)cccc3OC)C2c2ccc(C)o2)c1. The van der Waals surface area contributed by atoms with Gasteiger partial charge in [0.2, 0.25) is 0 Å². The van der Waals surface area contributed by atoms with Gasteiger partial charge in [-0.1, -0.05) is 18.2 Å². The molecule has 0 radical (unpaired) electrons. The third-order valence-electron chi connectivity index (χ3n) is 5.72. The Hall–Kier alpha value is -4.20. The number of aryl methyl sites for hydroxylation is 1. The molecule has 1 fully saturated rings. The zero-order valence-electron chi connectivity index (χ0n) is 19.3. The van der Waals surface area contributed by atoms with E-state index < -0.39 is 23.5 Å². The van der Waals surface area contributed by atoms with Crippen molar-refractivity contribution in [1.29, 1.82) is 0 Å². The number of ketones is 1. The summed E-state index contributed by atoms with van der Waals surface area (Å²) in [7, 11) is 4.44. The summed E-state index contributed by atoms with van der Waals surface area (Å²) in [5, 5.41) is 11.4. The van der Waals surface area contributed by atoms with Gasteiger partial charge >= 0.3 is 0 Å². The van der Waals surface area contributed by atoms with Crippen LogP contribution < -0.4 is 14.2 Å². The molecule has 2 heterocycles. The number of nitrogens with zero attached hydrogens (tertiary/aromatic N) is 1. The molecule has 1 aromatic heterocycles. The Morgan fingerprint density at radius 3 is 2.24 bits per heavy atom. The number of carbonyl (C=O) groups excluding carboxylic acids is 2. The van der Waals surface area contributed by atoms with Gasteiger partial charge in [-0.15, -0.1) is 0 Å². The predicted octanol–water partition coefficient (Wildman–Crippen LogP) is 4.24. The summed E-state index contributed by atoms with van der Waals surface area (Å²) in [5.41, 5.74) is 0.828. The fraction of sp³-hybridized carbons (Fsp3) is 0.231. The normalized spacial score (nSPS) is 17.2. The molecule has 1 amide bonds. The van der Waals surface area contributed by atoms with Gasteiger partial charge in [0.15, 0.2) is 0 Å². The number of aliphatic hydroxyl groups excluding tert-OH is 1. The van der Waals surface area contributed by atoms with Gasteiger partial charge in [-0.2, -0.15) is 0 Å². The molecule has 1 unspecified atom stereocenters. The highest BCUT2D eigenvalue weighted by atomic mass is 16.5. The lowest BCUT2D eigenvalue weighted by Gasteiger charge is -2.24. The fourth-order valence-corrected chi connectivity index (χ4v) is 4.13. The van der Waals surface area contributed by atoms with Crippen LogP contribution in [0, 0.1) is 6.92 Å². The van der Waals surface area contributed by atoms with Crippen molar-refractivity contribution >= 4 is 17.4 Å². The molecule has 0 bridgehead atoms. The van der Waals surface area contributed by atoms with Crippen LogP contribution in [0.15, 0.2) is 64.6 Å². The molecule has 8 nitrogen and oxygen atoms in total. The van der Waals surface area contributed by atoms with Crippen LogP contribution in [0.4, 0.5) is 0 Å². The quantitative estimate of drug-likeness (QED) is 0.318. The number of carbonyl (C=O) groups is 2. The molecule has 34 heavy (non-hydrogen) atoms. The van der Waals surface area contributed by atoms with E-state index in [4.69, 9.17) is 18.6 Å². The average Bonchev–Trinajstić information content (AvgIpc) is 3.39. The minimum Gasteiger partial charge on any atom is -0.506 e. The number of methoxy groups -OCH3 is 3. The maximum Gasteiger partial charge on any atom is 0.296 e. The van der Waals surface area contributed by atoms with Crippen molar-refractivity contribution in [2.45, 2.75) is 19.5 Å². The molecule has 0 aliphatic carbocycles. The standard InChI is InChI=1S/C26H25NO7/c1-15-11-12-20(34-15)23-22(24(28)21-18(32-3)9-6-10-19(21)33-4)25(29)26(30)27(23)14-16-7-5-8-17(13-16)31-2/h5-13,23,28H,14H2,1-4H3/b24-22+. The third kappa shape index (κ3) is 3.98. The van der Waals surface area contributed by atoms with Crippen LogP contribution in [-0.2, 0) is 16.1 Å². The van der Waals surface area contributed by atoms with Crippen molar-refractivity contribution < 1.29 is 33.3 Å². The van der Waals surface area contributed by atoms with Gasteiger partial charge in [0.25, 0.3) is 11.7 Å². The van der Waals surface area contributed by atoms with E-state index in [1.54, 1.807) is 62.6 Å². The molecule has 1 aliphatic heterocycles. The van der Waals surface area contributed by atoms with Gasteiger partial charge in [0.05, 0.1) is 26.9 Å². The predicted molar refractivity (Wildman–Crippen MR) is 124 cm³/mol. The number of aliphatic hydroxyl groups is 1. The van der Waals surface area contributed by atoms with E-state index in [1.165, 1.54) is 19.1 Å². The number of hydrogen-bond donors (Lipinski definition) is 1. The summed E-state index contributed by atoms with van der Waals surface area (Å²) >= 11 is 0. The van der Waals surface area contributed by atoms with E-state index in [-0.39, 0.29) is 17.7 Å². The van der Waals surface area contributed by atoms with Gasteiger partial charge in [0, 0.05) is 6.54 Å². The average molecular weight is 463 g/mol. The maximum atomic E-state index is 13.3. The largest absolute Gasteiger partial charge is 0.506 e. The van der Waals surface area contributed by atoms with Gasteiger partial charge in [0.1, 0.15) is 46.1 Å². The summed E-state index contributed by atoms with van der Waals surface area (Å²) in [4.78, 5) is 27.9. The molecule has 1 N–H and O–H groups in total. The molecule has 8 heteroatoms. The van der Waals surface area contributed by atoms with Crippen molar-refractivity contribution in [1.82, 2.24) is 4.90 Å². The van der Waals surface area contributed by atoms with Crippen molar-refractivity contribution in [2.24, 2.45) is 0 Å². The Labute approximate surface area is 197 Å². The fourth-order valence-electron chi connectivity index (χ4n) is 4.13. The Balaban J connectivity index is 1.90. The molecule has 3 aromatic rings. The van der Waals surface area contributed by atoms with Gasteiger partial charge < -0.3 is 28.6 Å². The zero-order chi connectivity index (χ0) is 24.4. The number of rotatable bonds is 7. The molecule has 4 rings (SSSR count). The van der Waals surface area contributed by atoms with E-state index in [1.807, 2.05) is 6.07 Å². The first-order valence-corrected chi connectivity index (χ1v) is 10.6. The van der Waals surface area contributed by atoms with Crippen LogP contribution >= 0.6 is 0 Å². The first-order valence-electron chi connectivity index (χ1n) is 10.6. The molecular formula is C26H25NO7. The van der Waals surface area contributed by atoms with Crippen molar-refractivity contribution in [3.63, 3.8) is 0 Å². The van der Waals surface area contributed by atoms with E-state index >= 15 is 0 Å². The summed E-state index contributed by atoms with van der Waals surface area (Å²) in [5.74, 6) is 0.199. The van der Waals surface area contributed by atoms with Gasteiger partial charge in [-0.3, -0.25) is 9.59 Å². The summed E-state index contributed by atoms with van der Waals surface area (Å²) in [6.45, 7) is 1.87. The smallest absolute Gasteiger partial charge is 0.296 e. The highest BCUT2D eigenvalue weighted by molar-refractivity contribution is 6.46. The molecule has 0 spiro atoms. The molecule has 2 aromatic carbocycles. The van der Waals surface area contributed by atoms with E-state index in [0.717, 1.165) is 5.56 Å². The van der Waals surface area contributed by atoms with Gasteiger partial charge in [-0.25, -0.2) is 0 Å². The molecule has 1 saturated heterocycles. The lowest BCUT2D eigenvalue weighted by atomic mass is 9.98. The monoisotopic (exact) mass is 463 g/mol. The van der Waals surface area contributed by atoms with E-state index in [2.05, 4.69) is 0 Å². The molecular weight excluding hydrogens is 438 g/mol. The third-order valence-corrected chi connectivity index (χ3v) is 5.72. The minimum atomic E-state index is -0.950. The second-order valence-corrected chi connectivity index (χ2v) is 7.76. The lowest BCUT2D eigenvalue weighted by Crippen LogP contribution is -2.29. The first-order chi connectivity index (χ1) is 16.4. The number of hydrogen-bond acceptors (Lipinski definition) is 7. The number of furan rings is 1. The lowest BCUT2D eigenvalue weighted by molar-refractivity contribution is -0.140. The molecule has 0 saturated carbocycles. The Morgan fingerprint density at radius 2 is 1.65 bits per heavy atom. The number of Topliss-reactive ketones (excluding diaryl/α,β-unsaturated/α-hetero) is 1. The second kappa shape index (κ2) is 9.35. The van der Waals surface area contributed by atoms with Crippen LogP contribution in [0.5, 0.6) is 17.2 Å². The number of amides is 1. The highest BCUT2D eigenvalue weighted by Gasteiger charge is 2.48. The summed E-state index contributed by atoms with van der Waals surface area (Å²) in [6.07, 6.45) is 0. The molecule has 176 valence electrons. The van der Waals surface area contributed by atoms with Crippen LogP contribution in [0.2, 0.25) is 0 Å². The topological polar surface area (TPSA) is 98.4 Å². The number of likely N-dealkylation sites (tertiary alicyclic amines) is 1. The van der Waals surface area contributed by atoms with Crippen molar-refractivity contribution in [3.8, 4) is 17.2 Å². The Bertz CT molecular complexity index is 1250. The number of benzene rings is 2. The highest BCUT2D eigenvalue weighted by Crippen LogP contribution is 2.44. The van der Waals surface area contributed by atoms with E-state index in [0.29, 0.717) is 28.8 Å². The second-order valence-electron chi connectivity index (χ2n) is 7.76. The molecule has 1 atom stereocenters. The Kier molecular flexibility index (Phi) is 6.32. The van der Waals surface area contributed by atoms with Crippen LogP contribution in [0.3, 0.4) is 0 Å². The molecule has 1 aliphatic rings. The minimum absolute atomic E-state index is 0.103. The van der Waals surface area contributed by atoms with Crippen LogP contribution in [0.1, 0.15) is 28.7 Å². The van der Waals surface area contributed by atoms with Crippen LogP contribution in [0.25, 0.3) is 5.76 Å². The van der Waals surface area contributed by atoms with Crippen molar-refractivity contribution in [3.05, 3.63) is 82.8 Å². The maximum absolute atomic E-state index is 13.3. The summed E-state index contributed by atoms with van der Waals surface area (Å²) < 4.78 is 21.9.